The van der Waals surface area contributed by atoms with Crippen LogP contribution in [-0.2, 0) is 9.59 Å². The first-order chi connectivity index (χ1) is 15.2. The summed E-state index contributed by atoms with van der Waals surface area (Å²) in [6, 6.07) is 8.38. The molecular weight excluding hydrogens is 416 g/mol. The number of fused-ring (bicyclic) bond motifs is 2. The first-order valence-electron chi connectivity index (χ1n) is 9.43. The zero-order valence-electron chi connectivity index (χ0n) is 16.9. The van der Waals surface area contributed by atoms with E-state index in [0.717, 1.165) is 26.0 Å². The van der Waals surface area contributed by atoms with Gasteiger partial charge in [-0.15, -0.1) is 0 Å². The first-order valence-corrected chi connectivity index (χ1v) is 9.43. The van der Waals surface area contributed by atoms with E-state index in [0.29, 0.717) is 0 Å². The lowest BCUT2D eigenvalue weighted by Crippen LogP contribution is -2.26. The molecule has 0 unspecified atom stereocenters. The second-order valence-electron chi connectivity index (χ2n) is 7.05. The quantitative estimate of drug-likeness (QED) is 0.538. The molecule has 0 bridgehead atoms. The molecular formula is C24H14O8. The molecule has 8 nitrogen and oxygen atoms in total. The Morgan fingerprint density at radius 1 is 0.625 bits per heavy atom. The van der Waals surface area contributed by atoms with Crippen molar-refractivity contribution in [2.24, 2.45) is 0 Å². The Hall–Kier alpha value is -4.46. The van der Waals surface area contributed by atoms with Crippen molar-refractivity contribution in [3.63, 3.8) is 0 Å². The molecule has 0 radical (unpaired) electrons. The third-order valence-corrected chi connectivity index (χ3v) is 4.87. The number of carbonyl (C=O) groups excluding carboxylic acids is 6. The Labute approximate surface area is 181 Å². The number of ketones is 4. The molecule has 0 atom stereocenters. The molecule has 158 valence electrons. The molecule has 0 saturated heterocycles. The van der Waals surface area contributed by atoms with Crippen LogP contribution in [0.4, 0.5) is 0 Å². The largest absolute Gasteiger partial charge is 0.426 e. The van der Waals surface area contributed by atoms with Gasteiger partial charge < -0.3 is 9.47 Å². The summed E-state index contributed by atoms with van der Waals surface area (Å²) in [5.74, 6) is -4.09. The summed E-state index contributed by atoms with van der Waals surface area (Å²) in [6.07, 6.45) is 1.91. The SMILES string of the molecule is CC(=O)Oc1cccc2c1C(=O)C=C(C1=CC(=O)c3c(OC(C)=O)cccc3C1=O)C2=O. The van der Waals surface area contributed by atoms with Crippen LogP contribution >= 0.6 is 0 Å². The van der Waals surface area contributed by atoms with Crippen molar-refractivity contribution < 1.29 is 38.2 Å². The number of hydrogen-bond donors (Lipinski definition) is 0. The van der Waals surface area contributed by atoms with Crippen molar-refractivity contribution in [1.82, 2.24) is 0 Å². The van der Waals surface area contributed by atoms with Gasteiger partial charge in [0.15, 0.2) is 23.1 Å². The van der Waals surface area contributed by atoms with Crippen molar-refractivity contribution >= 4 is 35.1 Å². The van der Waals surface area contributed by atoms with Crippen LogP contribution in [0.3, 0.4) is 0 Å². The van der Waals surface area contributed by atoms with Crippen LogP contribution in [0.25, 0.3) is 0 Å². The molecule has 2 aliphatic rings. The lowest BCUT2D eigenvalue weighted by Gasteiger charge is -2.22. The maximum Gasteiger partial charge on any atom is 0.308 e. The van der Waals surface area contributed by atoms with Crippen molar-refractivity contribution in [3.05, 3.63) is 82.0 Å². The average Bonchev–Trinajstić information content (AvgIpc) is 2.72. The summed E-state index contributed by atoms with van der Waals surface area (Å²) in [4.78, 5) is 74.5. The first kappa shape index (κ1) is 20.8. The molecule has 0 aromatic heterocycles. The van der Waals surface area contributed by atoms with Crippen LogP contribution in [0, 0.1) is 0 Å². The lowest BCUT2D eigenvalue weighted by atomic mass is 9.79. The molecule has 32 heavy (non-hydrogen) atoms. The molecule has 0 saturated carbocycles. The molecule has 0 fully saturated rings. The van der Waals surface area contributed by atoms with Gasteiger partial charge in [0.05, 0.1) is 11.1 Å². The predicted octanol–water partition coefficient (Wildman–Crippen LogP) is 2.85. The van der Waals surface area contributed by atoms with Gasteiger partial charge in [0, 0.05) is 36.1 Å². The van der Waals surface area contributed by atoms with Gasteiger partial charge in [-0.3, -0.25) is 28.8 Å². The number of rotatable bonds is 3. The number of carbonyl (C=O) groups is 6. The Bertz CT molecular complexity index is 1240. The van der Waals surface area contributed by atoms with E-state index in [2.05, 4.69) is 0 Å². The highest BCUT2D eigenvalue weighted by molar-refractivity contribution is 6.35. The van der Waals surface area contributed by atoms with Crippen LogP contribution < -0.4 is 9.47 Å². The standard InChI is InChI=1S/C24H14O8/c1-11(25)31-19-7-3-5-13-21(19)17(27)9-15(23(13)29)16-10-18(28)22-14(24(16)30)6-4-8-20(22)32-12(2)26/h3-10H,1-2H3. The molecule has 0 spiro atoms. The molecule has 4 rings (SSSR count). The fourth-order valence-electron chi connectivity index (χ4n) is 3.66. The summed E-state index contributed by atoms with van der Waals surface area (Å²) < 4.78 is 10.0. The Morgan fingerprint density at radius 3 is 1.34 bits per heavy atom. The summed E-state index contributed by atoms with van der Waals surface area (Å²) in [7, 11) is 0. The highest BCUT2D eigenvalue weighted by Gasteiger charge is 2.37. The zero-order valence-corrected chi connectivity index (χ0v) is 16.9. The van der Waals surface area contributed by atoms with Crippen molar-refractivity contribution in [1.29, 1.82) is 0 Å². The van der Waals surface area contributed by atoms with E-state index in [1.165, 1.54) is 36.4 Å². The lowest BCUT2D eigenvalue weighted by molar-refractivity contribution is -0.132. The maximum absolute atomic E-state index is 13.1. The van der Waals surface area contributed by atoms with Gasteiger partial charge in [-0.1, -0.05) is 24.3 Å². The Kier molecular flexibility index (Phi) is 4.98. The second-order valence-corrected chi connectivity index (χ2v) is 7.05. The van der Waals surface area contributed by atoms with Crippen molar-refractivity contribution in [2.45, 2.75) is 13.8 Å². The van der Waals surface area contributed by atoms with Crippen LogP contribution in [-0.4, -0.2) is 35.1 Å². The summed E-state index contributed by atoms with van der Waals surface area (Å²) in [6.45, 7) is 2.32. The number of hydrogen-bond acceptors (Lipinski definition) is 8. The second kappa shape index (κ2) is 7.66. The smallest absolute Gasteiger partial charge is 0.308 e. The predicted molar refractivity (Wildman–Crippen MR) is 109 cm³/mol. The minimum absolute atomic E-state index is 0.0492. The molecule has 0 aliphatic heterocycles. The van der Waals surface area contributed by atoms with Crippen LogP contribution in [0.1, 0.15) is 55.3 Å². The number of allylic oxidation sites excluding steroid dienone is 4. The summed E-state index contributed by atoms with van der Waals surface area (Å²) in [5, 5.41) is 0. The minimum atomic E-state index is -0.666. The molecule has 2 aliphatic carbocycles. The highest BCUT2D eigenvalue weighted by Crippen LogP contribution is 2.36. The normalized spacial score (nSPS) is 14.8. The fourth-order valence-corrected chi connectivity index (χ4v) is 3.66. The van der Waals surface area contributed by atoms with Crippen molar-refractivity contribution in [3.8, 4) is 11.5 Å². The number of benzene rings is 2. The van der Waals surface area contributed by atoms with Gasteiger partial charge in [-0.05, 0) is 24.3 Å². The number of ether oxygens (including phenoxy) is 2. The Morgan fingerprint density at radius 2 is 1.00 bits per heavy atom. The van der Waals surface area contributed by atoms with Crippen LogP contribution in [0.2, 0.25) is 0 Å². The summed E-state index contributed by atoms with van der Waals surface area (Å²) in [5.41, 5.74) is -0.777. The van der Waals surface area contributed by atoms with Gasteiger partial charge in [0.1, 0.15) is 11.5 Å². The number of esters is 2. The van der Waals surface area contributed by atoms with Crippen LogP contribution in [0.5, 0.6) is 11.5 Å². The molecule has 0 N–H and O–H groups in total. The third-order valence-electron chi connectivity index (χ3n) is 4.87. The molecule has 8 heteroatoms. The van der Waals surface area contributed by atoms with E-state index in [9.17, 15) is 28.8 Å². The van der Waals surface area contributed by atoms with Gasteiger partial charge in [-0.2, -0.15) is 0 Å². The van der Waals surface area contributed by atoms with Gasteiger partial charge in [-0.25, -0.2) is 0 Å². The van der Waals surface area contributed by atoms with E-state index < -0.39 is 35.1 Å². The number of Topliss-reactive ketones (excluding diaryl/α,β-unsaturated/α-hetero) is 2. The Balaban J connectivity index is 1.80. The van der Waals surface area contributed by atoms with Crippen LogP contribution in [0.15, 0.2) is 59.7 Å². The van der Waals surface area contributed by atoms with E-state index in [1.54, 1.807) is 0 Å². The van der Waals surface area contributed by atoms with Gasteiger partial charge in [0.25, 0.3) is 0 Å². The maximum atomic E-state index is 13.1. The molecule has 2 aromatic carbocycles. The third kappa shape index (κ3) is 3.37. The average molecular weight is 430 g/mol. The van der Waals surface area contributed by atoms with E-state index in [-0.39, 0.29) is 44.9 Å². The van der Waals surface area contributed by atoms with E-state index in [1.807, 2.05) is 0 Å². The summed E-state index contributed by atoms with van der Waals surface area (Å²) >= 11 is 0. The fraction of sp³-hybridized carbons (Fsp3) is 0.0833. The highest BCUT2D eigenvalue weighted by atomic mass is 16.5. The molecule has 0 amide bonds. The van der Waals surface area contributed by atoms with Gasteiger partial charge >= 0.3 is 11.9 Å². The topological polar surface area (TPSA) is 121 Å². The zero-order chi connectivity index (χ0) is 23.2. The monoisotopic (exact) mass is 430 g/mol. The molecule has 0 heterocycles. The van der Waals surface area contributed by atoms with E-state index >= 15 is 0 Å². The van der Waals surface area contributed by atoms with Crippen molar-refractivity contribution in [2.75, 3.05) is 0 Å². The minimum Gasteiger partial charge on any atom is -0.426 e. The molecule has 2 aromatic rings. The van der Waals surface area contributed by atoms with Gasteiger partial charge in [0.2, 0.25) is 0 Å². The van der Waals surface area contributed by atoms with E-state index in [4.69, 9.17) is 9.47 Å².